The molecule has 2 aliphatic rings. The Bertz CT molecular complexity index is 343. The van der Waals surface area contributed by atoms with Gasteiger partial charge in [0.05, 0.1) is 0 Å². The standard InChI is InChI=1S/C20H38N3.Na/c1-18(2)7-5-6-8-20-9-11-22(12-10-20)17-19(3)23-15-13-21(4)14-16-23;/h18,20H,3-17H2,1-2H3;/q-1;+1. The second-order valence-electron chi connectivity index (χ2n) is 8.07. The number of likely N-dealkylation sites (tertiary alicyclic amines) is 1. The minimum Gasteiger partial charge on any atom is -0.456 e. The molecule has 0 aromatic carbocycles. The van der Waals surface area contributed by atoms with Gasteiger partial charge in [-0.25, -0.2) is 0 Å². The van der Waals surface area contributed by atoms with E-state index in [1.165, 1.54) is 57.3 Å². The van der Waals surface area contributed by atoms with Crippen LogP contribution in [0.25, 0.3) is 0 Å². The topological polar surface area (TPSA) is 9.72 Å². The Balaban J connectivity index is 0.00000288. The van der Waals surface area contributed by atoms with Crippen molar-refractivity contribution in [3.05, 3.63) is 19.3 Å². The van der Waals surface area contributed by atoms with Crippen molar-refractivity contribution in [1.82, 2.24) is 14.7 Å². The van der Waals surface area contributed by atoms with Crippen molar-refractivity contribution in [3.63, 3.8) is 0 Å². The molecule has 2 heterocycles. The van der Waals surface area contributed by atoms with E-state index in [4.69, 9.17) is 0 Å². The average molecular weight is 344 g/mol. The zero-order chi connectivity index (χ0) is 16.7. The molecule has 134 valence electrons. The molecule has 2 aliphatic heterocycles. The molecule has 0 spiro atoms. The molecule has 2 fully saturated rings. The molecule has 0 aromatic heterocycles. The van der Waals surface area contributed by atoms with E-state index in [9.17, 15) is 0 Å². The zero-order valence-electron chi connectivity index (χ0n) is 16.6. The number of hydrogen-bond acceptors (Lipinski definition) is 3. The Labute approximate surface area is 173 Å². The Morgan fingerprint density at radius 3 is 2.25 bits per heavy atom. The van der Waals surface area contributed by atoms with Gasteiger partial charge >= 0.3 is 29.6 Å². The van der Waals surface area contributed by atoms with E-state index in [2.05, 4.69) is 42.2 Å². The van der Waals surface area contributed by atoms with Gasteiger partial charge in [-0.2, -0.15) is 0 Å². The molecule has 0 amide bonds. The van der Waals surface area contributed by atoms with E-state index in [1.807, 2.05) is 0 Å². The average Bonchev–Trinajstić information content (AvgIpc) is 2.53. The molecule has 0 aliphatic carbocycles. The Morgan fingerprint density at radius 1 is 1.04 bits per heavy atom. The Morgan fingerprint density at radius 2 is 1.67 bits per heavy atom. The maximum Gasteiger partial charge on any atom is 1.00 e. The van der Waals surface area contributed by atoms with Gasteiger partial charge in [-0.05, 0) is 50.9 Å². The number of piperazine rings is 1. The molecule has 24 heavy (non-hydrogen) atoms. The second kappa shape index (κ2) is 12.0. The summed E-state index contributed by atoms with van der Waals surface area (Å²) in [5.74, 6) is 1.84. The van der Waals surface area contributed by atoms with Crippen molar-refractivity contribution in [1.29, 1.82) is 0 Å². The van der Waals surface area contributed by atoms with Crippen molar-refractivity contribution >= 4 is 0 Å². The first-order chi connectivity index (χ1) is 11.0. The van der Waals surface area contributed by atoms with E-state index in [0.29, 0.717) is 0 Å². The molecule has 0 unspecified atom stereocenters. The van der Waals surface area contributed by atoms with E-state index in [1.54, 1.807) is 0 Å². The first-order valence-electron chi connectivity index (χ1n) is 9.75. The molecule has 0 atom stereocenters. The molecule has 4 heteroatoms. The van der Waals surface area contributed by atoms with Crippen LogP contribution in [0.2, 0.25) is 0 Å². The van der Waals surface area contributed by atoms with Crippen molar-refractivity contribution in [3.8, 4) is 0 Å². The van der Waals surface area contributed by atoms with Gasteiger partial charge in [0, 0.05) is 25.3 Å². The largest absolute Gasteiger partial charge is 1.00 e. The predicted octanol–water partition coefficient (Wildman–Crippen LogP) is 0.842. The fourth-order valence-corrected chi connectivity index (χ4v) is 3.84. The van der Waals surface area contributed by atoms with Crippen molar-refractivity contribution in [2.75, 3.05) is 45.8 Å². The van der Waals surface area contributed by atoms with E-state index < -0.39 is 0 Å². The number of rotatable bonds is 8. The van der Waals surface area contributed by atoms with Crippen molar-refractivity contribution < 1.29 is 29.6 Å². The minimum absolute atomic E-state index is 0. The molecule has 0 N–H and O–H groups in total. The van der Waals surface area contributed by atoms with Gasteiger partial charge in [-0.15, -0.1) is 0 Å². The number of nitrogens with zero attached hydrogens (tertiary/aromatic N) is 3. The molecule has 0 bridgehead atoms. The normalized spacial score (nSPS) is 21.1. The first-order valence-corrected chi connectivity index (χ1v) is 9.75. The SMILES string of the molecule is C=C(CN1CCC(CCCCC(C)C)CC1)N1CCN([CH2-])CC1.[Na+]. The summed E-state index contributed by atoms with van der Waals surface area (Å²) < 4.78 is 0. The Hall–Kier alpha value is 0.460. The quantitative estimate of drug-likeness (QED) is 0.367. The maximum atomic E-state index is 4.34. The second-order valence-corrected chi connectivity index (χ2v) is 8.07. The first kappa shape index (κ1) is 22.5. The van der Waals surface area contributed by atoms with Crippen molar-refractivity contribution in [2.24, 2.45) is 11.8 Å². The van der Waals surface area contributed by atoms with E-state index >= 15 is 0 Å². The third-order valence-corrected chi connectivity index (χ3v) is 5.58. The summed E-state index contributed by atoms with van der Waals surface area (Å²) in [4.78, 5) is 7.23. The van der Waals surface area contributed by atoms with Gasteiger partial charge in [0.1, 0.15) is 0 Å². The van der Waals surface area contributed by atoms with Crippen LogP contribution in [0.1, 0.15) is 52.4 Å². The van der Waals surface area contributed by atoms with Gasteiger partial charge in [-0.1, -0.05) is 46.1 Å². The monoisotopic (exact) mass is 343 g/mol. The van der Waals surface area contributed by atoms with E-state index in [-0.39, 0.29) is 29.6 Å². The zero-order valence-corrected chi connectivity index (χ0v) is 18.6. The van der Waals surface area contributed by atoms with Crippen LogP contribution < -0.4 is 29.6 Å². The summed E-state index contributed by atoms with van der Waals surface area (Å²) in [6.07, 6.45) is 8.49. The van der Waals surface area contributed by atoms with Crippen LogP contribution in [0.4, 0.5) is 0 Å². The molecule has 0 saturated carbocycles. The fourth-order valence-electron chi connectivity index (χ4n) is 3.84. The third kappa shape index (κ3) is 8.23. The molecule has 0 aromatic rings. The smallest absolute Gasteiger partial charge is 0.456 e. The van der Waals surface area contributed by atoms with Gasteiger partial charge in [0.15, 0.2) is 0 Å². The summed E-state index contributed by atoms with van der Waals surface area (Å²) in [7, 11) is 4.02. The summed E-state index contributed by atoms with van der Waals surface area (Å²) in [5, 5.41) is 0. The minimum atomic E-state index is 0. The molecule has 3 nitrogen and oxygen atoms in total. The van der Waals surface area contributed by atoms with Gasteiger partial charge in [0.25, 0.3) is 0 Å². The summed E-state index contributed by atoms with van der Waals surface area (Å²) in [6.45, 7) is 16.9. The van der Waals surface area contributed by atoms with Crippen LogP contribution in [0, 0.1) is 18.9 Å². The predicted molar refractivity (Wildman–Crippen MR) is 100 cm³/mol. The maximum absolute atomic E-state index is 4.34. The van der Waals surface area contributed by atoms with E-state index in [0.717, 1.165) is 44.6 Å². The molecule has 0 radical (unpaired) electrons. The van der Waals surface area contributed by atoms with Gasteiger partial charge in [0.2, 0.25) is 0 Å². The molecule has 2 rings (SSSR count). The molecular weight excluding hydrogens is 305 g/mol. The van der Waals surface area contributed by atoms with Crippen molar-refractivity contribution in [2.45, 2.75) is 52.4 Å². The number of hydrogen-bond donors (Lipinski definition) is 0. The van der Waals surface area contributed by atoms with Crippen LogP contribution in [0.15, 0.2) is 12.3 Å². The number of unbranched alkanes of at least 4 members (excludes halogenated alkanes) is 1. The van der Waals surface area contributed by atoms with Crippen LogP contribution in [-0.4, -0.2) is 60.5 Å². The number of piperidine rings is 1. The van der Waals surface area contributed by atoms with Crippen LogP contribution in [0.3, 0.4) is 0 Å². The molecular formula is C20H38N3Na. The summed E-state index contributed by atoms with van der Waals surface area (Å²) in [6, 6.07) is 0. The van der Waals surface area contributed by atoms with Crippen LogP contribution in [-0.2, 0) is 0 Å². The summed E-state index contributed by atoms with van der Waals surface area (Å²) in [5.41, 5.74) is 1.31. The van der Waals surface area contributed by atoms with Gasteiger partial charge < -0.3 is 9.80 Å². The van der Waals surface area contributed by atoms with Crippen LogP contribution >= 0.6 is 0 Å². The fraction of sp³-hybridized carbons (Fsp3) is 0.850. The molecule has 2 saturated heterocycles. The van der Waals surface area contributed by atoms with Gasteiger partial charge in [-0.3, -0.25) is 11.9 Å². The Kier molecular flexibility index (Phi) is 11.2. The van der Waals surface area contributed by atoms with Crippen LogP contribution in [0.5, 0.6) is 0 Å². The third-order valence-electron chi connectivity index (χ3n) is 5.58. The summed E-state index contributed by atoms with van der Waals surface area (Å²) >= 11 is 0.